The highest BCUT2D eigenvalue weighted by Gasteiger charge is 2.33. The number of piperidine rings is 1. The summed E-state index contributed by atoms with van der Waals surface area (Å²) in [5.41, 5.74) is 5.04. The summed E-state index contributed by atoms with van der Waals surface area (Å²) in [7, 11) is -1.84. The van der Waals surface area contributed by atoms with Crippen LogP contribution in [0.2, 0.25) is 0 Å². The molecule has 3 aromatic carbocycles. The maximum absolute atomic E-state index is 13.3. The van der Waals surface area contributed by atoms with E-state index >= 15 is 0 Å². The second kappa shape index (κ2) is 10.3. The molecule has 4 aromatic rings. The Bertz CT molecular complexity index is 1460. The van der Waals surface area contributed by atoms with Gasteiger partial charge >= 0.3 is 6.03 Å². The zero-order chi connectivity index (χ0) is 25.1. The van der Waals surface area contributed by atoms with E-state index in [1.54, 1.807) is 30.2 Å². The highest BCUT2D eigenvalue weighted by atomic mass is 32.2. The van der Waals surface area contributed by atoms with Gasteiger partial charge in [-0.15, -0.1) is 0 Å². The molecule has 1 fully saturated rings. The van der Waals surface area contributed by atoms with Crippen molar-refractivity contribution in [3.8, 4) is 11.1 Å². The SMILES string of the molecule is COCc1ccc(-c2ccc(S(=O)(=O)C3CCN(C(=O)Nc4cccc5nsnc45)CC3)cc2)cc1. The predicted molar refractivity (Wildman–Crippen MR) is 141 cm³/mol. The van der Waals surface area contributed by atoms with Crippen LogP contribution < -0.4 is 5.32 Å². The predicted octanol–water partition coefficient (Wildman–Crippen LogP) is 4.97. The van der Waals surface area contributed by atoms with Crippen molar-refractivity contribution in [2.45, 2.75) is 29.6 Å². The fourth-order valence-corrected chi connectivity index (χ4v) is 6.74. The van der Waals surface area contributed by atoms with Crippen LogP contribution in [-0.2, 0) is 21.2 Å². The Morgan fingerprint density at radius 2 is 1.67 bits per heavy atom. The topological polar surface area (TPSA) is 101 Å². The van der Waals surface area contributed by atoms with Gasteiger partial charge in [0.2, 0.25) is 0 Å². The van der Waals surface area contributed by atoms with Gasteiger partial charge in [0.15, 0.2) is 9.84 Å². The number of nitrogens with zero attached hydrogens (tertiary/aromatic N) is 3. The van der Waals surface area contributed by atoms with E-state index in [9.17, 15) is 13.2 Å². The Balaban J connectivity index is 1.21. The number of carbonyl (C=O) groups excluding carboxylic acids is 1. The summed E-state index contributed by atoms with van der Waals surface area (Å²) in [6.07, 6.45) is 0.780. The van der Waals surface area contributed by atoms with Gasteiger partial charge in [-0.3, -0.25) is 0 Å². The molecular weight excluding hydrogens is 496 g/mol. The summed E-state index contributed by atoms with van der Waals surface area (Å²) < 4.78 is 40.2. The molecule has 1 aromatic heterocycles. The van der Waals surface area contributed by atoms with Crippen molar-refractivity contribution in [3.05, 3.63) is 72.3 Å². The smallest absolute Gasteiger partial charge is 0.321 e. The number of anilines is 1. The maximum atomic E-state index is 13.3. The Kier molecular flexibility index (Phi) is 6.99. The van der Waals surface area contributed by atoms with Gasteiger partial charge in [0.05, 0.1) is 34.2 Å². The molecule has 186 valence electrons. The highest BCUT2D eigenvalue weighted by molar-refractivity contribution is 7.92. The summed E-state index contributed by atoms with van der Waals surface area (Å²) >= 11 is 1.10. The van der Waals surface area contributed by atoms with Crippen LogP contribution >= 0.6 is 11.7 Å². The number of methoxy groups -OCH3 is 1. The number of ether oxygens (including phenoxy) is 1. The van der Waals surface area contributed by atoms with Crippen LogP contribution in [0.5, 0.6) is 0 Å². The van der Waals surface area contributed by atoms with Crippen LogP contribution in [0.3, 0.4) is 0 Å². The van der Waals surface area contributed by atoms with Gasteiger partial charge in [0.1, 0.15) is 11.0 Å². The van der Waals surface area contributed by atoms with Crippen LogP contribution in [0.15, 0.2) is 71.6 Å². The van der Waals surface area contributed by atoms with E-state index in [0.717, 1.165) is 33.9 Å². The highest BCUT2D eigenvalue weighted by Crippen LogP contribution is 2.28. The number of amides is 2. The molecule has 1 N–H and O–H groups in total. The van der Waals surface area contributed by atoms with E-state index in [1.807, 2.05) is 48.5 Å². The lowest BCUT2D eigenvalue weighted by Crippen LogP contribution is -2.44. The number of rotatable bonds is 6. The van der Waals surface area contributed by atoms with E-state index < -0.39 is 15.1 Å². The summed E-state index contributed by atoms with van der Waals surface area (Å²) in [4.78, 5) is 14.8. The van der Waals surface area contributed by atoms with Crippen LogP contribution in [0, 0.1) is 0 Å². The molecule has 0 radical (unpaired) electrons. The number of carbonyl (C=O) groups is 1. The molecule has 2 heterocycles. The van der Waals surface area contributed by atoms with E-state index in [1.165, 1.54) is 0 Å². The average molecular weight is 523 g/mol. The molecule has 1 aliphatic heterocycles. The Hall–Kier alpha value is -3.34. The quantitative estimate of drug-likeness (QED) is 0.383. The van der Waals surface area contributed by atoms with Crippen molar-refractivity contribution < 1.29 is 17.9 Å². The average Bonchev–Trinajstić information content (AvgIpc) is 3.40. The number of sulfone groups is 1. The zero-order valence-corrected chi connectivity index (χ0v) is 21.4. The van der Waals surface area contributed by atoms with Gasteiger partial charge in [0.25, 0.3) is 0 Å². The van der Waals surface area contributed by atoms with Crippen LogP contribution in [0.25, 0.3) is 22.2 Å². The monoisotopic (exact) mass is 522 g/mol. The third-order valence-electron chi connectivity index (χ3n) is 6.48. The number of benzene rings is 3. The second-order valence-electron chi connectivity index (χ2n) is 8.75. The summed E-state index contributed by atoms with van der Waals surface area (Å²) in [5, 5.41) is 2.37. The number of likely N-dealkylation sites (tertiary alicyclic amines) is 1. The zero-order valence-electron chi connectivity index (χ0n) is 19.8. The van der Waals surface area contributed by atoms with E-state index in [-0.39, 0.29) is 6.03 Å². The van der Waals surface area contributed by atoms with Gasteiger partial charge in [0, 0.05) is 20.2 Å². The maximum Gasteiger partial charge on any atom is 0.321 e. The number of urea groups is 1. The van der Waals surface area contributed by atoms with Gasteiger partial charge < -0.3 is 15.0 Å². The van der Waals surface area contributed by atoms with Crippen LogP contribution in [0.1, 0.15) is 18.4 Å². The molecule has 0 aliphatic carbocycles. The summed E-state index contributed by atoms with van der Waals surface area (Å²) in [6, 6.07) is 20.2. The lowest BCUT2D eigenvalue weighted by Gasteiger charge is -2.31. The van der Waals surface area contributed by atoms with Crippen molar-refractivity contribution in [1.29, 1.82) is 0 Å². The van der Waals surface area contributed by atoms with E-state index in [2.05, 4.69) is 14.1 Å². The number of hydrogen-bond donors (Lipinski definition) is 1. The Morgan fingerprint density at radius 1 is 1.00 bits per heavy atom. The molecule has 0 atom stereocenters. The number of nitrogens with one attached hydrogen (secondary N) is 1. The first-order chi connectivity index (χ1) is 17.5. The van der Waals surface area contributed by atoms with Crippen molar-refractivity contribution >= 4 is 44.3 Å². The van der Waals surface area contributed by atoms with Gasteiger partial charge in [-0.05, 0) is 53.8 Å². The molecule has 1 aliphatic rings. The molecule has 0 saturated carbocycles. The molecule has 10 heteroatoms. The fraction of sp³-hybridized carbons (Fsp3) is 0.269. The lowest BCUT2D eigenvalue weighted by atomic mass is 10.0. The van der Waals surface area contributed by atoms with Gasteiger partial charge in [-0.2, -0.15) is 8.75 Å². The minimum absolute atomic E-state index is 0.257. The third-order valence-corrected chi connectivity index (χ3v) is 9.30. The molecule has 5 rings (SSSR count). The van der Waals surface area contributed by atoms with Crippen molar-refractivity contribution in [2.75, 3.05) is 25.5 Å². The molecule has 36 heavy (non-hydrogen) atoms. The van der Waals surface area contributed by atoms with E-state index in [0.29, 0.717) is 48.6 Å². The van der Waals surface area contributed by atoms with Crippen LogP contribution in [-0.4, -0.2) is 53.5 Å². The van der Waals surface area contributed by atoms with Crippen molar-refractivity contribution in [3.63, 3.8) is 0 Å². The number of hydrogen-bond acceptors (Lipinski definition) is 7. The lowest BCUT2D eigenvalue weighted by molar-refractivity contribution is 0.185. The first-order valence-corrected chi connectivity index (χ1v) is 13.9. The molecule has 0 bridgehead atoms. The summed E-state index contributed by atoms with van der Waals surface area (Å²) in [5.74, 6) is 0. The number of fused-ring (bicyclic) bond motifs is 1. The standard InChI is InChI=1S/C26H26N4O4S2/c1-34-17-18-5-7-19(8-6-18)20-9-11-21(12-10-20)36(32,33)22-13-15-30(16-14-22)26(31)27-23-3-2-4-24-25(23)29-35-28-24/h2-12,22H,13-17H2,1H3,(H,27,31). The first kappa shape index (κ1) is 24.4. The number of aromatic nitrogens is 2. The molecule has 2 amide bonds. The largest absolute Gasteiger partial charge is 0.380 e. The fourth-order valence-electron chi connectivity index (χ4n) is 4.46. The first-order valence-electron chi connectivity index (χ1n) is 11.6. The van der Waals surface area contributed by atoms with E-state index in [4.69, 9.17) is 4.74 Å². The Labute approximate surface area is 214 Å². The third kappa shape index (κ3) is 4.97. The molecular formula is C26H26N4O4S2. The van der Waals surface area contributed by atoms with Crippen LogP contribution in [0.4, 0.5) is 10.5 Å². The Morgan fingerprint density at radius 3 is 2.33 bits per heavy atom. The summed E-state index contributed by atoms with van der Waals surface area (Å²) in [6.45, 7) is 1.29. The second-order valence-corrected chi connectivity index (χ2v) is 11.5. The molecule has 0 spiro atoms. The van der Waals surface area contributed by atoms with Gasteiger partial charge in [-0.1, -0.05) is 42.5 Å². The van der Waals surface area contributed by atoms with Gasteiger partial charge in [-0.25, -0.2) is 13.2 Å². The van der Waals surface area contributed by atoms with Crippen molar-refractivity contribution in [2.24, 2.45) is 0 Å². The minimum Gasteiger partial charge on any atom is -0.380 e. The normalized spacial score (nSPS) is 14.8. The minimum atomic E-state index is -3.50. The van der Waals surface area contributed by atoms with Crippen molar-refractivity contribution in [1.82, 2.24) is 13.6 Å². The molecule has 8 nitrogen and oxygen atoms in total. The molecule has 0 unspecified atom stereocenters. The molecule has 1 saturated heterocycles.